The van der Waals surface area contributed by atoms with Crippen LogP contribution in [0.15, 0.2) is 65.3 Å². The van der Waals surface area contributed by atoms with Gasteiger partial charge in [-0.2, -0.15) is 5.10 Å². The van der Waals surface area contributed by atoms with E-state index in [1.807, 2.05) is 31.2 Å². The number of amides is 1. The van der Waals surface area contributed by atoms with Crippen LogP contribution < -0.4 is 5.32 Å². The number of rotatable bonds is 5. The highest BCUT2D eigenvalue weighted by atomic mass is 35.5. The van der Waals surface area contributed by atoms with Crippen LogP contribution in [0.25, 0.3) is 11.3 Å². The van der Waals surface area contributed by atoms with Crippen molar-refractivity contribution in [2.45, 2.75) is 13.5 Å². The fraction of sp³-hybridized carbons (Fsp3) is 0.0952. The molecule has 0 saturated heterocycles. The maximum Gasteiger partial charge on any atom is 0.279 e. The van der Waals surface area contributed by atoms with Crippen LogP contribution in [-0.4, -0.2) is 20.8 Å². The summed E-state index contributed by atoms with van der Waals surface area (Å²) in [6.45, 7) is 2.30. The summed E-state index contributed by atoms with van der Waals surface area (Å²) in [7, 11) is 0. The molecule has 4 aromatic rings. The molecule has 1 amide bonds. The van der Waals surface area contributed by atoms with E-state index in [4.69, 9.17) is 16.1 Å². The Morgan fingerprint density at radius 2 is 2.00 bits per heavy atom. The van der Waals surface area contributed by atoms with Gasteiger partial charge in [-0.05, 0) is 24.6 Å². The van der Waals surface area contributed by atoms with E-state index in [0.29, 0.717) is 12.3 Å². The molecule has 1 N–H and O–H groups in total. The number of aryl methyl sites for hydroxylation is 1. The predicted octanol–water partition coefficient (Wildman–Crippen LogP) is 4.94. The Kier molecular flexibility index (Phi) is 5.14. The molecule has 0 aliphatic heterocycles. The summed E-state index contributed by atoms with van der Waals surface area (Å²) in [5.74, 6) is -0.152. The zero-order valence-corrected chi connectivity index (χ0v) is 16.2. The summed E-state index contributed by atoms with van der Waals surface area (Å²) >= 11 is 6.17. The molecule has 2 aromatic carbocycles. The van der Waals surface area contributed by atoms with Crippen molar-refractivity contribution in [2.75, 3.05) is 5.32 Å². The Morgan fingerprint density at radius 3 is 2.76 bits per heavy atom. The lowest BCUT2D eigenvalue weighted by Crippen LogP contribution is -2.13. The van der Waals surface area contributed by atoms with E-state index in [1.54, 1.807) is 24.4 Å². The molecule has 8 heteroatoms. The maximum atomic E-state index is 13.3. The molecule has 0 spiro atoms. The standard InChI is InChI=1S/C21H16ClFN4O2/c1-13-5-7-15(8-6-13)19-10-18(26-29-19)21(28)24-20-17(22)12-27(25-20)11-14-3-2-4-16(23)9-14/h2-10,12H,11H2,1H3,(H,24,25,28). The number of nitrogens with zero attached hydrogens (tertiary/aromatic N) is 3. The Labute approximate surface area is 170 Å². The highest BCUT2D eigenvalue weighted by Crippen LogP contribution is 2.23. The third kappa shape index (κ3) is 4.35. The minimum atomic E-state index is -0.495. The van der Waals surface area contributed by atoms with E-state index in [2.05, 4.69) is 15.6 Å². The molecule has 4 rings (SSSR count). The topological polar surface area (TPSA) is 73.0 Å². The van der Waals surface area contributed by atoms with E-state index in [9.17, 15) is 9.18 Å². The zero-order chi connectivity index (χ0) is 20.4. The summed E-state index contributed by atoms with van der Waals surface area (Å²) in [6.07, 6.45) is 1.56. The second-order valence-electron chi connectivity index (χ2n) is 6.55. The van der Waals surface area contributed by atoms with Crippen molar-refractivity contribution in [3.05, 3.63) is 88.5 Å². The first-order valence-corrected chi connectivity index (χ1v) is 9.18. The lowest BCUT2D eigenvalue weighted by atomic mass is 10.1. The third-order valence-electron chi connectivity index (χ3n) is 4.26. The molecule has 2 heterocycles. The van der Waals surface area contributed by atoms with Crippen molar-refractivity contribution in [3.8, 4) is 11.3 Å². The van der Waals surface area contributed by atoms with Gasteiger partial charge in [0.15, 0.2) is 17.3 Å². The SMILES string of the molecule is Cc1ccc(-c2cc(C(=O)Nc3nn(Cc4cccc(F)c4)cc3Cl)no2)cc1. The summed E-state index contributed by atoms with van der Waals surface area (Å²) in [6, 6.07) is 15.4. The van der Waals surface area contributed by atoms with E-state index < -0.39 is 5.91 Å². The van der Waals surface area contributed by atoms with Crippen LogP contribution in [0.4, 0.5) is 10.2 Å². The number of hydrogen-bond acceptors (Lipinski definition) is 4. The van der Waals surface area contributed by atoms with Gasteiger partial charge in [-0.3, -0.25) is 9.48 Å². The van der Waals surface area contributed by atoms with E-state index in [1.165, 1.54) is 16.8 Å². The minimum absolute atomic E-state index is 0.108. The number of aromatic nitrogens is 3. The van der Waals surface area contributed by atoms with Crippen molar-refractivity contribution in [3.63, 3.8) is 0 Å². The molecule has 0 aliphatic rings. The van der Waals surface area contributed by atoms with Gasteiger partial charge in [0.1, 0.15) is 10.8 Å². The van der Waals surface area contributed by atoms with Gasteiger partial charge in [-0.1, -0.05) is 58.7 Å². The molecular weight excluding hydrogens is 395 g/mol. The lowest BCUT2D eigenvalue weighted by molar-refractivity contribution is 0.101. The molecule has 0 saturated carbocycles. The molecule has 29 heavy (non-hydrogen) atoms. The first-order valence-electron chi connectivity index (χ1n) is 8.80. The van der Waals surface area contributed by atoms with E-state index in [0.717, 1.165) is 16.7 Å². The Hall–Kier alpha value is -3.45. The predicted molar refractivity (Wildman–Crippen MR) is 107 cm³/mol. The quantitative estimate of drug-likeness (QED) is 0.505. The average Bonchev–Trinajstić information content (AvgIpc) is 3.30. The van der Waals surface area contributed by atoms with Gasteiger partial charge in [0.2, 0.25) is 0 Å². The number of hydrogen-bond donors (Lipinski definition) is 1. The third-order valence-corrected chi connectivity index (χ3v) is 4.54. The van der Waals surface area contributed by atoms with Crippen LogP contribution >= 0.6 is 11.6 Å². The normalized spacial score (nSPS) is 10.9. The highest BCUT2D eigenvalue weighted by Gasteiger charge is 2.17. The van der Waals surface area contributed by atoms with Crippen LogP contribution in [-0.2, 0) is 6.54 Å². The van der Waals surface area contributed by atoms with E-state index in [-0.39, 0.29) is 22.4 Å². The molecule has 0 unspecified atom stereocenters. The summed E-state index contributed by atoms with van der Waals surface area (Å²) in [5.41, 5.74) is 2.77. The van der Waals surface area contributed by atoms with Gasteiger partial charge in [0.05, 0.1) is 6.54 Å². The van der Waals surface area contributed by atoms with Crippen LogP contribution in [0.1, 0.15) is 21.6 Å². The Bertz CT molecular complexity index is 1170. The van der Waals surface area contributed by atoms with Crippen molar-refractivity contribution in [2.24, 2.45) is 0 Å². The first kappa shape index (κ1) is 18.9. The highest BCUT2D eigenvalue weighted by molar-refractivity contribution is 6.33. The smallest absolute Gasteiger partial charge is 0.279 e. The second kappa shape index (κ2) is 7.89. The average molecular weight is 411 g/mol. The number of benzene rings is 2. The molecule has 146 valence electrons. The van der Waals surface area contributed by atoms with Gasteiger partial charge in [-0.15, -0.1) is 0 Å². The van der Waals surface area contributed by atoms with Gasteiger partial charge >= 0.3 is 0 Å². The van der Waals surface area contributed by atoms with E-state index >= 15 is 0 Å². The number of carbonyl (C=O) groups excluding carboxylic acids is 1. The van der Waals surface area contributed by atoms with Gasteiger partial charge in [0.25, 0.3) is 5.91 Å². The maximum absolute atomic E-state index is 13.3. The van der Waals surface area contributed by atoms with Crippen molar-refractivity contribution < 1.29 is 13.7 Å². The number of halogens is 2. The van der Waals surface area contributed by atoms with Crippen LogP contribution in [0.5, 0.6) is 0 Å². The molecule has 6 nitrogen and oxygen atoms in total. The molecular formula is C21H16ClFN4O2. The first-order chi connectivity index (χ1) is 14.0. The van der Waals surface area contributed by atoms with Crippen LogP contribution in [0.2, 0.25) is 5.02 Å². The second-order valence-corrected chi connectivity index (χ2v) is 6.96. The van der Waals surface area contributed by atoms with Gasteiger partial charge in [0, 0.05) is 17.8 Å². The Morgan fingerprint density at radius 1 is 1.21 bits per heavy atom. The zero-order valence-electron chi connectivity index (χ0n) is 15.4. The summed E-state index contributed by atoms with van der Waals surface area (Å²) < 4.78 is 20.1. The molecule has 0 atom stereocenters. The van der Waals surface area contributed by atoms with Crippen molar-refractivity contribution in [1.82, 2.24) is 14.9 Å². The molecule has 0 bridgehead atoms. The molecule has 0 fully saturated rings. The van der Waals surface area contributed by atoms with Crippen molar-refractivity contribution >= 4 is 23.3 Å². The Balaban J connectivity index is 1.47. The van der Waals surface area contributed by atoms with Crippen LogP contribution in [0.3, 0.4) is 0 Å². The molecule has 0 radical (unpaired) electrons. The van der Waals surface area contributed by atoms with Gasteiger partial charge < -0.3 is 9.84 Å². The number of nitrogens with one attached hydrogen (secondary N) is 1. The summed E-state index contributed by atoms with van der Waals surface area (Å²) in [4.78, 5) is 12.5. The van der Waals surface area contributed by atoms with Crippen molar-refractivity contribution in [1.29, 1.82) is 0 Å². The number of carbonyl (C=O) groups is 1. The lowest BCUT2D eigenvalue weighted by Gasteiger charge is -2.02. The van der Waals surface area contributed by atoms with Crippen LogP contribution in [0, 0.1) is 12.7 Å². The monoisotopic (exact) mass is 410 g/mol. The summed E-state index contributed by atoms with van der Waals surface area (Å²) in [5, 5.41) is 10.9. The number of anilines is 1. The fourth-order valence-electron chi connectivity index (χ4n) is 2.79. The van der Waals surface area contributed by atoms with Gasteiger partial charge in [-0.25, -0.2) is 4.39 Å². The molecule has 0 aliphatic carbocycles. The minimum Gasteiger partial charge on any atom is -0.355 e. The largest absolute Gasteiger partial charge is 0.355 e. The fourth-order valence-corrected chi connectivity index (χ4v) is 2.99. The molecule has 2 aromatic heterocycles.